The molecule has 0 amide bonds. The molecule has 1 heteroatoms. The Morgan fingerprint density at radius 2 is 1.74 bits per heavy atom. The third kappa shape index (κ3) is 2.41. The molecule has 3 aromatic rings. The van der Waals surface area contributed by atoms with Gasteiger partial charge in [0.25, 0.3) is 0 Å². The van der Waals surface area contributed by atoms with E-state index < -0.39 is 0 Å². The van der Waals surface area contributed by atoms with E-state index in [0.717, 1.165) is 11.9 Å². The Labute approximate surface area is 114 Å². The van der Waals surface area contributed by atoms with E-state index >= 15 is 0 Å². The summed E-state index contributed by atoms with van der Waals surface area (Å²) in [4.78, 5) is 3.21. The van der Waals surface area contributed by atoms with Crippen LogP contribution in [0.5, 0.6) is 0 Å². The number of rotatable bonds is 3. The van der Waals surface area contributed by atoms with E-state index in [2.05, 4.69) is 67.5 Å². The zero-order chi connectivity index (χ0) is 13.2. The zero-order valence-electron chi connectivity index (χ0n) is 11.4. The number of nitrogens with one attached hydrogen (secondary N) is 1. The molecular weight excluding hydrogens is 230 g/mol. The molecular formula is C18H18N. The fourth-order valence-corrected chi connectivity index (χ4v) is 2.43. The Kier molecular flexibility index (Phi) is 3.12. The molecule has 19 heavy (non-hydrogen) atoms. The molecule has 0 atom stereocenters. The van der Waals surface area contributed by atoms with Crippen LogP contribution >= 0.6 is 0 Å². The van der Waals surface area contributed by atoms with Crippen molar-refractivity contribution in [2.75, 3.05) is 0 Å². The third-order valence-electron chi connectivity index (χ3n) is 3.63. The minimum atomic E-state index is 0.591. The van der Waals surface area contributed by atoms with Crippen LogP contribution in [-0.4, -0.2) is 4.98 Å². The van der Waals surface area contributed by atoms with Crippen molar-refractivity contribution < 1.29 is 0 Å². The van der Waals surface area contributed by atoms with E-state index in [4.69, 9.17) is 0 Å². The maximum Gasteiger partial charge on any atom is 0.0669 e. The van der Waals surface area contributed by atoms with Crippen LogP contribution < -0.4 is 0 Å². The minimum Gasteiger partial charge on any atom is -0.353 e. The van der Waals surface area contributed by atoms with Gasteiger partial charge in [0.15, 0.2) is 0 Å². The zero-order valence-corrected chi connectivity index (χ0v) is 11.4. The summed E-state index contributed by atoms with van der Waals surface area (Å²) in [7, 11) is 0. The van der Waals surface area contributed by atoms with Gasteiger partial charge >= 0.3 is 0 Å². The van der Waals surface area contributed by atoms with Gasteiger partial charge in [-0.2, -0.15) is 0 Å². The van der Waals surface area contributed by atoms with E-state index in [1.165, 1.54) is 22.1 Å². The standard InChI is InChI=1S/C18H18N/c1-13(2)15-9-7-14(8-10-15)11-16-12-19-18-6-4-3-5-17(16)18/h3-10,13,19H,11H2,1-2H3. The van der Waals surface area contributed by atoms with E-state index in [1.54, 1.807) is 0 Å². The molecule has 0 aliphatic heterocycles. The lowest BCUT2D eigenvalue weighted by Crippen LogP contribution is -1.90. The topological polar surface area (TPSA) is 15.8 Å². The highest BCUT2D eigenvalue weighted by molar-refractivity contribution is 5.83. The highest BCUT2D eigenvalue weighted by atomic mass is 14.7. The molecule has 0 aliphatic carbocycles. The Balaban J connectivity index is 1.88. The van der Waals surface area contributed by atoms with Crippen LogP contribution in [0, 0.1) is 6.20 Å². The summed E-state index contributed by atoms with van der Waals surface area (Å²) >= 11 is 0. The Bertz CT molecular complexity index is 674. The highest BCUT2D eigenvalue weighted by Gasteiger charge is 2.05. The number of hydrogen-bond donors (Lipinski definition) is 1. The summed E-state index contributed by atoms with van der Waals surface area (Å²) in [5.74, 6) is 0.591. The van der Waals surface area contributed by atoms with Crippen LogP contribution in [0.3, 0.4) is 0 Å². The van der Waals surface area contributed by atoms with Crippen molar-refractivity contribution in [1.82, 2.24) is 4.98 Å². The van der Waals surface area contributed by atoms with Crippen LogP contribution in [0.15, 0.2) is 48.5 Å². The summed E-state index contributed by atoms with van der Waals surface area (Å²) in [6.07, 6.45) is 4.21. The van der Waals surface area contributed by atoms with E-state index in [1.807, 2.05) is 6.07 Å². The predicted molar refractivity (Wildman–Crippen MR) is 80.5 cm³/mol. The fourth-order valence-electron chi connectivity index (χ4n) is 2.43. The van der Waals surface area contributed by atoms with Crippen LogP contribution in [0.4, 0.5) is 0 Å². The van der Waals surface area contributed by atoms with Crippen molar-refractivity contribution in [2.24, 2.45) is 0 Å². The van der Waals surface area contributed by atoms with Gasteiger partial charge < -0.3 is 4.98 Å². The van der Waals surface area contributed by atoms with Crippen molar-refractivity contribution >= 4 is 10.9 Å². The van der Waals surface area contributed by atoms with Gasteiger partial charge in [-0.15, -0.1) is 0 Å². The molecule has 1 heterocycles. The lowest BCUT2D eigenvalue weighted by atomic mass is 9.99. The van der Waals surface area contributed by atoms with Crippen LogP contribution in [0.2, 0.25) is 0 Å². The molecule has 2 aromatic carbocycles. The van der Waals surface area contributed by atoms with Gasteiger partial charge in [0.1, 0.15) is 0 Å². The molecule has 0 fully saturated rings. The van der Waals surface area contributed by atoms with Crippen LogP contribution in [-0.2, 0) is 6.42 Å². The Hall–Kier alpha value is -2.02. The van der Waals surface area contributed by atoms with Gasteiger partial charge in [0.2, 0.25) is 0 Å². The summed E-state index contributed by atoms with van der Waals surface area (Å²) in [5, 5.41) is 1.27. The van der Waals surface area contributed by atoms with Crippen molar-refractivity contribution in [3.8, 4) is 0 Å². The molecule has 3 rings (SSSR count). The second-order valence-electron chi connectivity index (χ2n) is 5.35. The highest BCUT2D eigenvalue weighted by Crippen LogP contribution is 2.21. The molecule has 0 unspecified atom stereocenters. The van der Waals surface area contributed by atoms with Crippen LogP contribution in [0.1, 0.15) is 36.5 Å². The lowest BCUT2D eigenvalue weighted by molar-refractivity contribution is 0.865. The number of aromatic amines is 1. The van der Waals surface area contributed by atoms with Crippen molar-refractivity contribution in [3.63, 3.8) is 0 Å². The molecule has 95 valence electrons. The van der Waals surface area contributed by atoms with Gasteiger partial charge in [0, 0.05) is 17.3 Å². The first-order valence-corrected chi connectivity index (χ1v) is 6.80. The predicted octanol–water partition coefficient (Wildman–Crippen LogP) is 4.68. The molecule has 0 spiro atoms. The Morgan fingerprint density at radius 3 is 2.47 bits per heavy atom. The summed E-state index contributed by atoms with van der Waals surface area (Å²) in [5.41, 5.74) is 5.14. The normalized spacial score (nSPS) is 11.3. The minimum absolute atomic E-state index is 0.591. The number of para-hydroxylation sites is 1. The SMILES string of the molecule is CC(C)c1ccc(Cc2[c][nH]c3ccccc23)cc1. The van der Waals surface area contributed by atoms with Gasteiger partial charge in [-0.3, -0.25) is 0 Å². The van der Waals surface area contributed by atoms with Crippen molar-refractivity contribution in [3.05, 3.63) is 71.4 Å². The molecule has 0 saturated heterocycles. The number of aromatic nitrogens is 1. The average Bonchev–Trinajstić information content (AvgIpc) is 2.83. The second kappa shape index (κ2) is 4.93. The number of hydrogen-bond acceptors (Lipinski definition) is 0. The first kappa shape index (κ1) is 12.0. The smallest absolute Gasteiger partial charge is 0.0669 e. The summed E-state index contributed by atoms with van der Waals surface area (Å²) in [6, 6.07) is 17.3. The lowest BCUT2D eigenvalue weighted by Gasteiger charge is -2.06. The first-order valence-electron chi connectivity index (χ1n) is 6.80. The van der Waals surface area contributed by atoms with E-state index in [-0.39, 0.29) is 0 Å². The maximum atomic E-state index is 3.27. The molecule has 0 saturated carbocycles. The molecule has 0 aliphatic rings. The van der Waals surface area contributed by atoms with Gasteiger partial charge in [-0.05, 0) is 28.7 Å². The average molecular weight is 248 g/mol. The molecule has 0 bridgehead atoms. The third-order valence-corrected chi connectivity index (χ3v) is 3.63. The largest absolute Gasteiger partial charge is 0.353 e. The monoisotopic (exact) mass is 248 g/mol. The quantitative estimate of drug-likeness (QED) is 0.692. The van der Waals surface area contributed by atoms with Gasteiger partial charge in [-0.25, -0.2) is 0 Å². The summed E-state index contributed by atoms with van der Waals surface area (Å²) in [6.45, 7) is 4.45. The van der Waals surface area contributed by atoms with E-state index in [0.29, 0.717) is 5.92 Å². The van der Waals surface area contributed by atoms with Crippen molar-refractivity contribution in [2.45, 2.75) is 26.2 Å². The van der Waals surface area contributed by atoms with Gasteiger partial charge in [0.05, 0.1) is 6.20 Å². The Morgan fingerprint density at radius 1 is 1.00 bits per heavy atom. The first-order chi connectivity index (χ1) is 9.24. The second-order valence-corrected chi connectivity index (χ2v) is 5.35. The van der Waals surface area contributed by atoms with Gasteiger partial charge in [-0.1, -0.05) is 56.3 Å². The maximum absolute atomic E-state index is 3.27. The fraction of sp³-hybridized carbons (Fsp3) is 0.222. The molecule has 1 N–H and O–H groups in total. The molecule has 1 nitrogen and oxygen atoms in total. The van der Waals surface area contributed by atoms with Crippen LogP contribution in [0.25, 0.3) is 10.9 Å². The number of H-pyrrole nitrogens is 1. The van der Waals surface area contributed by atoms with E-state index in [9.17, 15) is 0 Å². The number of benzene rings is 2. The van der Waals surface area contributed by atoms with Crippen molar-refractivity contribution in [1.29, 1.82) is 0 Å². The summed E-state index contributed by atoms with van der Waals surface area (Å²) < 4.78 is 0. The molecule has 1 aromatic heterocycles. The molecule has 1 radical (unpaired) electrons. The number of fused-ring (bicyclic) bond motifs is 1.